The predicted octanol–water partition coefficient (Wildman–Crippen LogP) is 4.50. The predicted molar refractivity (Wildman–Crippen MR) is 78.9 cm³/mol. The third-order valence-electron chi connectivity index (χ3n) is 3.51. The Hall–Kier alpha value is -2.00. The first-order chi connectivity index (χ1) is 9.56. The molecule has 1 aromatic heterocycles. The summed E-state index contributed by atoms with van der Waals surface area (Å²) >= 11 is 5.97. The number of benzene rings is 2. The van der Waals surface area contributed by atoms with Crippen LogP contribution in [0.3, 0.4) is 0 Å². The molecule has 0 unspecified atom stereocenters. The minimum Gasteiger partial charge on any atom is -0.505 e. The number of hydrogen-bond acceptors (Lipinski definition) is 1. The largest absolute Gasteiger partial charge is 0.505 e. The van der Waals surface area contributed by atoms with Gasteiger partial charge in [-0.15, -0.1) is 0 Å². The standard InChI is InChI=1S/C16H13ClFNO/c1-10-16(20)14-8-12(17)4-7-15(14)19(10)9-11-2-5-13(18)6-3-11/h2-8,20H,9H2,1H3. The maximum absolute atomic E-state index is 12.9. The summed E-state index contributed by atoms with van der Waals surface area (Å²) in [5.74, 6) is -0.0120. The zero-order valence-corrected chi connectivity index (χ0v) is 11.7. The highest BCUT2D eigenvalue weighted by Gasteiger charge is 2.13. The van der Waals surface area contributed by atoms with Gasteiger partial charge in [-0.2, -0.15) is 0 Å². The molecule has 0 aliphatic heterocycles. The van der Waals surface area contributed by atoms with Crippen LogP contribution in [-0.4, -0.2) is 9.67 Å². The molecule has 0 amide bonds. The van der Waals surface area contributed by atoms with E-state index in [-0.39, 0.29) is 11.6 Å². The lowest BCUT2D eigenvalue weighted by Gasteiger charge is -2.08. The van der Waals surface area contributed by atoms with Crippen LogP contribution in [0.4, 0.5) is 4.39 Å². The van der Waals surface area contributed by atoms with Crippen LogP contribution in [0.5, 0.6) is 5.75 Å². The molecule has 0 fully saturated rings. The van der Waals surface area contributed by atoms with Crippen molar-refractivity contribution in [2.75, 3.05) is 0 Å². The first-order valence-electron chi connectivity index (χ1n) is 6.28. The number of hydrogen-bond donors (Lipinski definition) is 1. The second kappa shape index (κ2) is 4.84. The van der Waals surface area contributed by atoms with Crippen LogP contribution < -0.4 is 0 Å². The summed E-state index contributed by atoms with van der Waals surface area (Å²) in [6.07, 6.45) is 0. The second-order valence-corrected chi connectivity index (χ2v) is 5.24. The minimum atomic E-state index is -0.252. The van der Waals surface area contributed by atoms with Gasteiger partial charge in [-0.05, 0) is 42.8 Å². The lowest BCUT2D eigenvalue weighted by Crippen LogP contribution is -2.01. The van der Waals surface area contributed by atoms with E-state index in [1.807, 2.05) is 17.6 Å². The fourth-order valence-corrected chi connectivity index (χ4v) is 2.58. The topological polar surface area (TPSA) is 25.2 Å². The molecule has 102 valence electrons. The molecule has 2 nitrogen and oxygen atoms in total. The number of aromatic hydroxyl groups is 1. The van der Waals surface area contributed by atoms with Crippen molar-refractivity contribution in [1.29, 1.82) is 0 Å². The Bertz CT molecular complexity index is 777. The molecule has 0 atom stereocenters. The van der Waals surface area contributed by atoms with E-state index in [4.69, 9.17) is 11.6 Å². The second-order valence-electron chi connectivity index (χ2n) is 4.81. The number of halogens is 2. The van der Waals surface area contributed by atoms with Gasteiger partial charge < -0.3 is 9.67 Å². The molecular weight excluding hydrogens is 277 g/mol. The third kappa shape index (κ3) is 2.14. The van der Waals surface area contributed by atoms with Crippen LogP contribution in [-0.2, 0) is 6.54 Å². The van der Waals surface area contributed by atoms with E-state index in [1.165, 1.54) is 12.1 Å². The first kappa shape index (κ1) is 13.0. The van der Waals surface area contributed by atoms with Gasteiger partial charge in [0.2, 0.25) is 0 Å². The van der Waals surface area contributed by atoms with Gasteiger partial charge in [0.05, 0.1) is 11.2 Å². The van der Waals surface area contributed by atoms with Crippen molar-refractivity contribution >= 4 is 22.5 Å². The van der Waals surface area contributed by atoms with E-state index in [0.29, 0.717) is 11.6 Å². The maximum Gasteiger partial charge on any atom is 0.144 e. The van der Waals surface area contributed by atoms with Crippen molar-refractivity contribution in [3.8, 4) is 5.75 Å². The van der Waals surface area contributed by atoms with Crippen molar-refractivity contribution in [2.45, 2.75) is 13.5 Å². The fraction of sp³-hybridized carbons (Fsp3) is 0.125. The molecule has 4 heteroatoms. The highest BCUT2D eigenvalue weighted by molar-refractivity contribution is 6.31. The molecule has 1 N–H and O–H groups in total. The molecule has 0 radical (unpaired) electrons. The average Bonchev–Trinajstić information content (AvgIpc) is 2.66. The van der Waals surface area contributed by atoms with E-state index < -0.39 is 0 Å². The Balaban J connectivity index is 2.11. The molecule has 3 rings (SSSR count). The van der Waals surface area contributed by atoms with Crippen molar-refractivity contribution in [2.24, 2.45) is 0 Å². The Morgan fingerprint density at radius 3 is 2.55 bits per heavy atom. The van der Waals surface area contributed by atoms with Crippen LogP contribution in [0.15, 0.2) is 42.5 Å². The van der Waals surface area contributed by atoms with E-state index in [2.05, 4.69) is 0 Å². The zero-order chi connectivity index (χ0) is 14.3. The molecule has 0 aliphatic rings. The number of fused-ring (bicyclic) bond motifs is 1. The maximum atomic E-state index is 12.9. The van der Waals surface area contributed by atoms with Crippen LogP contribution in [0.25, 0.3) is 10.9 Å². The van der Waals surface area contributed by atoms with Gasteiger partial charge in [-0.3, -0.25) is 0 Å². The van der Waals surface area contributed by atoms with Gasteiger partial charge in [0.1, 0.15) is 11.6 Å². The van der Waals surface area contributed by atoms with Crippen LogP contribution in [0.1, 0.15) is 11.3 Å². The molecule has 0 saturated heterocycles. The lowest BCUT2D eigenvalue weighted by atomic mass is 10.2. The SMILES string of the molecule is Cc1c(O)c2cc(Cl)ccc2n1Cc1ccc(F)cc1. The minimum absolute atomic E-state index is 0.240. The molecule has 3 aromatic rings. The highest BCUT2D eigenvalue weighted by Crippen LogP contribution is 2.33. The van der Waals surface area contributed by atoms with Crippen molar-refractivity contribution in [3.05, 3.63) is 64.6 Å². The summed E-state index contributed by atoms with van der Waals surface area (Å²) in [6, 6.07) is 11.8. The van der Waals surface area contributed by atoms with Gasteiger partial charge in [0.15, 0.2) is 0 Å². The van der Waals surface area contributed by atoms with Gasteiger partial charge in [0.25, 0.3) is 0 Å². The van der Waals surface area contributed by atoms with E-state index in [1.54, 1.807) is 24.3 Å². The summed E-state index contributed by atoms with van der Waals surface area (Å²) in [6.45, 7) is 2.43. The van der Waals surface area contributed by atoms with E-state index in [9.17, 15) is 9.50 Å². The summed E-state index contributed by atoms with van der Waals surface area (Å²) in [5, 5.41) is 11.5. The normalized spacial score (nSPS) is 11.2. The Morgan fingerprint density at radius 2 is 1.85 bits per heavy atom. The molecule has 1 heterocycles. The molecule has 20 heavy (non-hydrogen) atoms. The van der Waals surface area contributed by atoms with Crippen LogP contribution >= 0.6 is 11.6 Å². The van der Waals surface area contributed by atoms with E-state index in [0.717, 1.165) is 22.2 Å². The molecule has 0 bridgehead atoms. The fourth-order valence-electron chi connectivity index (χ4n) is 2.41. The Kier molecular flexibility index (Phi) is 3.14. The van der Waals surface area contributed by atoms with E-state index >= 15 is 0 Å². The summed E-state index contributed by atoms with van der Waals surface area (Å²) in [5.41, 5.74) is 2.65. The van der Waals surface area contributed by atoms with Gasteiger partial charge in [0, 0.05) is 17.0 Å². The number of rotatable bonds is 2. The lowest BCUT2D eigenvalue weighted by molar-refractivity contribution is 0.473. The first-order valence-corrected chi connectivity index (χ1v) is 6.66. The molecule has 0 spiro atoms. The van der Waals surface area contributed by atoms with Crippen molar-refractivity contribution < 1.29 is 9.50 Å². The van der Waals surface area contributed by atoms with Crippen molar-refractivity contribution in [1.82, 2.24) is 4.57 Å². The molecular formula is C16H13ClFNO. The smallest absolute Gasteiger partial charge is 0.144 e. The Morgan fingerprint density at radius 1 is 1.15 bits per heavy atom. The molecule has 0 saturated carbocycles. The van der Waals surface area contributed by atoms with Gasteiger partial charge >= 0.3 is 0 Å². The quantitative estimate of drug-likeness (QED) is 0.738. The number of aromatic nitrogens is 1. The highest BCUT2D eigenvalue weighted by atomic mass is 35.5. The monoisotopic (exact) mass is 289 g/mol. The van der Waals surface area contributed by atoms with Gasteiger partial charge in [-0.25, -0.2) is 4.39 Å². The van der Waals surface area contributed by atoms with Crippen molar-refractivity contribution in [3.63, 3.8) is 0 Å². The van der Waals surface area contributed by atoms with Crippen LogP contribution in [0.2, 0.25) is 5.02 Å². The number of nitrogens with zero attached hydrogens (tertiary/aromatic N) is 1. The van der Waals surface area contributed by atoms with Crippen LogP contribution in [0, 0.1) is 12.7 Å². The summed E-state index contributed by atoms with van der Waals surface area (Å²) < 4.78 is 14.9. The summed E-state index contributed by atoms with van der Waals surface area (Å²) in [7, 11) is 0. The molecule has 0 aliphatic carbocycles. The molecule has 2 aromatic carbocycles. The third-order valence-corrected chi connectivity index (χ3v) is 3.74. The zero-order valence-electron chi connectivity index (χ0n) is 10.9. The van der Waals surface area contributed by atoms with Gasteiger partial charge in [-0.1, -0.05) is 23.7 Å². The summed E-state index contributed by atoms with van der Waals surface area (Å²) in [4.78, 5) is 0. The Labute approximate surface area is 121 Å². The average molecular weight is 290 g/mol.